The van der Waals surface area contributed by atoms with Crippen molar-refractivity contribution >= 4 is 40.7 Å². The minimum Gasteiger partial charge on any atom is -0.335 e. The van der Waals surface area contributed by atoms with E-state index in [0.29, 0.717) is 15.7 Å². The van der Waals surface area contributed by atoms with Gasteiger partial charge < -0.3 is 10.2 Å². The molecular formula is C22H25Cl2N3O2. The van der Waals surface area contributed by atoms with Crippen molar-refractivity contribution in [3.63, 3.8) is 0 Å². The van der Waals surface area contributed by atoms with Crippen LogP contribution in [0.3, 0.4) is 0 Å². The maximum Gasteiger partial charge on any atom is 0.244 e. The van der Waals surface area contributed by atoms with Crippen LogP contribution in [0.4, 0.5) is 5.69 Å². The Labute approximate surface area is 181 Å². The van der Waals surface area contributed by atoms with Crippen molar-refractivity contribution in [2.45, 2.75) is 25.3 Å². The third-order valence-electron chi connectivity index (χ3n) is 5.29. The molecule has 0 heterocycles. The quantitative estimate of drug-likeness (QED) is 0.734. The van der Waals surface area contributed by atoms with E-state index >= 15 is 0 Å². The van der Waals surface area contributed by atoms with E-state index in [0.717, 1.165) is 19.3 Å². The number of likely N-dealkylation sites (N-methyl/N-ethyl adjacent to an activating group) is 2. The van der Waals surface area contributed by atoms with Gasteiger partial charge >= 0.3 is 0 Å². The maximum atomic E-state index is 12.7. The second-order valence-electron chi connectivity index (χ2n) is 7.42. The average Bonchev–Trinajstić information content (AvgIpc) is 2.70. The third-order valence-corrected chi connectivity index (χ3v) is 5.92. The van der Waals surface area contributed by atoms with Crippen LogP contribution in [0.1, 0.15) is 30.0 Å². The molecule has 0 spiro atoms. The lowest BCUT2D eigenvalue weighted by Crippen LogP contribution is -2.42. The number of benzene rings is 2. The molecule has 3 rings (SSSR count). The van der Waals surface area contributed by atoms with E-state index < -0.39 is 0 Å². The van der Waals surface area contributed by atoms with Crippen molar-refractivity contribution in [1.82, 2.24) is 9.80 Å². The smallest absolute Gasteiger partial charge is 0.244 e. The molecule has 0 saturated heterocycles. The van der Waals surface area contributed by atoms with Crippen molar-refractivity contribution in [3.05, 3.63) is 63.6 Å². The summed E-state index contributed by atoms with van der Waals surface area (Å²) < 4.78 is 0. The Morgan fingerprint density at radius 2 is 1.72 bits per heavy atom. The SMILES string of the molecule is CN(CC(=O)Nc1c(Cl)cccc1Cl)C(=O)CN(C)[C@H]1CCCc2ccccc21. The molecule has 7 heteroatoms. The van der Waals surface area contributed by atoms with E-state index in [1.165, 1.54) is 16.0 Å². The molecule has 154 valence electrons. The van der Waals surface area contributed by atoms with E-state index in [-0.39, 0.29) is 30.9 Å². The summed E-state index contributed by atoms with van der Waals surface area (Å²) in [6.45, 7) is 0.172. The number of aryl methyl sites for hydroxylation is 1. The van der Waals surface area contributed by atoms with Gasteiger partial charge in [-0.2, -0.15) is 0 Å². The topological polar surface area (TPSA) is 52.7 Å². The van der Waals surface area contributed by atoms with Gasteiger partial charge in [-0.05, 0) is 49.6 Å². The van der Waals surface area contributed by atoms with Crippen LogP contribution in [0.2, 0.25) is 10.0 Å². The number of carbonyl (C=O) groups excluding carboxylic acids is 2. The summed E-state index contributed by atoms with van der Waals surface area (Å²) in [6.07, 6.45) is 3.21. The van der Waals surface area contributed by atoms with Gasteiger partial charge in [0.1, 0.15) is 0 Å². The summed E-state index contributed by atoms with van der Waals surface area (Å²) in [4.78, 5) is 28.5. The first-order valence-electron chi connectivity index (χ1n) is 9.62. The minimum absolute atomic E-state index is 0.0739. The van der Waals surface area contributed by atoms with Crippen LogP contribution >= 0.6 is 23.2 Å². The molecule has 1 N–H and O–H groups in total. The molecule has 0 aromatic heterocycles. The normalized spacial score (nSPS) is 15.7. The highest BCUT2D eigenvalue weighted by Gasteiger charge is 2.26. The van der Waals surface area contributed by atoms with Crippen molar-refractivity contribution in [2.24, 2.45) is 0 Å². The molecule has 1 aliphatic rings. The molecular weight excluding hydrogens is 409 g/mol. The van der Waals surface area contributed by atoms with Gasteiger partial charge in [0, 0.05) is 13.1 Å². The summed E-state index contributed by atoms with van der Waals surface area (Å²) in [7, 11) is 3.58. The van der Waals surface area contributed by atoms with E-state index in [9.17, 15) is 9.59 Å². The van der Waals surface area contributed by atoms with Gasteiger partial charge in [0.05, 0.1) is 28.8 Å². The molecule has 0 radical (unpaired) electrons. The summed E-state index contributed by atoms with van der Waals surface area (Å²) in [5, 5.41) is 3.40. The van der Waals surface area contributed by atoms with Crippen molar-refractivity contribution in [1.29, 1.82) is 0 Å². The number of carbonyl (C=O) groups is 2. The van der Waals surface area contributed by atoms with Gasteiger partial charge in [-0.25, -0.2) is 0 Å². The summed E-state index contributed by atoms with van der Waals surface area (Å²) in [6, 6.07) is 13.6. The minimum atomic E-state index is -0.346. The predicted molar refractivity (Wildman–Crippen MR) is 117 cm³/mol. The number of amides is 2. The van der Waals surface area contributed by atoms with Crippen molar-refractivity contribution in [2.75, 3.05) is 32.5 Å². The fraction of sp³-hybridized carbons (Fsp3) is 0.364. The first-order chi connectivity index (χ1) is 13.9. The second-order valence-corrected chi connectivity index (χ2v) is 8.23. The lowest BCUT2D eigenvalue weighted by Gasteiger charge is -2.33. The molecule has 0 saturated carbocycles. The number of hydrogen-bond donors (Lipinski definition) is 1. The van der Waals surface area contributed by atoms with E-state index in [4.69, 9.17) is 23.2 Å². The Hall–Kier alpha value is -2.08. The highest BCUT2D eigenvalue weighted by molar-refractivity contribution is 6.39. The summed E-state index contributed by atoms with van der Waals surface area (Å²) in [5.41, 5.74) is 3.01. The standard InChI is InChI=1S/C22H25Cl2N3O2/c1-26(19-12-5-8-15-7-3-4-9-16(15)19)14-21(29)27(2)13-20(28)25-22-17(23)10-6-11-18(22)24/h3-4,6-7,9-11,19H,5,8,12-14H2,1-2H3,(H,25,28)/t19-/m0/s1. The molecule has 0 fully saturated rings. The molecule has 0 unspecified atom stereocenters. The van der Waals surface area contributed by atoms with Crippen LogP contribution in [0.5, 0.6) is 0 Å². The number of nitrogens with zero attached hydrogens (tertiary/aromatic N) is 2. The van der Waals surface area contributed by atoms with Gasteiger partial charge in [-0.1, -0.05) is 53.5 Å². The van der Waals surface area contributed by atoms with E-state index in [1.54, 1.807) is 25.2 Å². The Morgan fingerprint density at radius 1 is 1.03 bits per heavy atom. The highest BCUT2D eigenvalue weighted by atomic mass is 35.5. The lowest BCUT2D eigenvalue weighted by atomic mass is 9.87. The third kappa shape index (κ3) is 5.30. The molecule has 2 amide bonds. The van der Waals surface area contributed by atoms with Crippen LogP contribution in [0.15, 0.2) is 42.5 Å². The monoisotopic (exact) mass is 433 g/mol. The van der Waals surface area contributed by atoms with Gasteiger partial charge in [0.25, 0.3) is 0 Å². The number of nitrogens with one attached hydrogen (secondary N) is 1. The Bertz CT molecular complexity index is 883. The Balaban J connectivity index is 1.57. The van der Waals surface area contributed by atoms with Gasteiger partial charge in [0.15, 0.2) is 0 Å². The van der Waals surface area contributed by atoms with E-state index in [1.807, 2.05) is 13.1 Å². The second kappa shape index (κ2) is 9.61. The van der Waals surface area contributed by atoms with Gasteiger partial charge in [0.2, 0.25) is 11.8 Å². The van der Waals surface area contributed by atoms with Crippen molar-refractivity contribution in [3.8, 4) is 0 Å². The van der Waals surface area contributed by atoms with Crippen LogP contribution in [0.25, 0.3) is 0 Å². The van der Waals surface area contributed by atoms with Gasteiger partial charge in [-0.3, -0.25) is 14.5 Å². The zero-order valence-electron chi connectivity index (χ0n) is 16.6. The lowest BCUT2D eigenvalue weighted by molar-refractivity contribution is -0.134. The number of para-hydroxylation sites is 1. The first kappa shape index (κ1) is 21.6. The fourth-order valence-corrected chi connectivity index (χ4v) is 4.22. The highest BCUT2D eigenvalue weighted by Crippen LogP contribution is 2.33. The summed E-state index contributed by atoms with van der Waals surface area (Å²) in [5.74, 6) is -0.461. The van der Waals surface area contributed by atoms with Gasteiger partial charge in [-0.15, -0.1) is 0 Å². The zero-order chi connectivity index (χ0) is 21.0. The molecule has 2 aromatic carbocycles. The van der Waals surface area contributed by atoms with Crippen LogP contribution in [-0.2, 0) is 16.0 Å². The maximum absolute atomic E-state index is 12.7. The number of halogens is 2. The Kier molecular flexibility index (Phi) is 7.17. The number of fused-ring (bicyclic) bond motifs is 1. The number of rotatable bonds is 6. The van der Waals surface area contributed by atoms with E-state index in [2.05, 4.69) is 28.4 Å². The van der Waals surface area contributed by atoms with Crippen LogP contribution < -0.4 is 5.32 Å². The molecule has 5 nitrogen and oxygen atoms in total. The number of anilines is 1. The summed E-state index contributed by atoms with van der Waals surface area (Å²) >= 11 is 12.2. The predicted octanol–water partition coefficient (Wildman–Crippen LogP) is 4.40. The van der Waals surface area contributed by atoms with Crippen LogP contribution in [0, 0.1) is 0 Å². The zero-order valence-corrected chi connectivity index (χ0v) is 18.1. The molecule has 29 heavy (non-hydrogen) atoms. The fourth-order valence-electron chi connectivity index (χ4n) is 3.73. The van der Waals surface area contributed by atoms with Crippen LogP contribution in [-0.4, -0.2) is 48.8 Å². The largest absolute Gasteiger partial charge is 0.335 e. The molecule has 1 atom stereocenters. The molecule has 2 aromatic rings. The average molecular weight is 434 g/mol. The molecule has 1 aliphatic carbocycles. The van der Waals surface area contributed by atoms with Crippen molar-refractivity contribution < 1.29 is 9.59 Å². The Morgan fingerprint density at radius 3 is 2.45 bits per heavy atom. The molecule has 0 bridgehead atoms. The first-order valence-corrected chi connectivity index (χ1v) is 10.4. The molecule has 0 aliphatic heterocycles. The number of hydrogen-bond acceptors (Lipinski definition) is 3.